The number of amides is 1. The summed E-state index contributed by atoms with van der Waals surface area (Å²) in [5, 5.41) is 0. The third-order valence-corrected chi connectivity index (χ3v) is 3.57. The topological polar surface area (TPSA) is 32.8 Å². The van der Waals surface area contributed by atoms with Gasteiger partial charge in [0.15, 0.2) is 0 Å². The van der Waals surface area contributed by atoms with Crippen LogP contribution in [-0.4, -0.2) is 61.6 Å². The molecule has 1 aliphatic rings. The van der Waals surface area contributed by atoms with Crippen LogP contribution in [0.1, 0.15) is 39.5 Å². The Labute approximate surface area is 111 Å². The van der Waals surface area contributed by atoms with E-state index < -0.39 is 0 Å². The van der Waals surface area contributed by atoms with Crippen molar-refractivity contribution >= 4 is 5.91 Å². The van der Waals surface area contributed by atoms with Crippen molar-refractivity contribution in [3.05, 3.63) is 0 Å². The molecule has 1 fully saturated rings. The standard InChI is InChI=1S/C14H28N2O2/c1-4-6-8-16-10-11-18-13(12-16)7-9-15(3)14(17)5-2/h13H,4-12H2,1-3H3/t13-/m1/s1. The number of morpholine rings is 1. The van der Waals surface area contributed by atoms with Crippen LogP contribution in [0, 0.1) is 0 Å². The molecule has 1 atom stereocenters. The number of carbonyl (C=O) groups excluding carboxylic acids is 1. The lowest BCUT2D eigenvalue weighted by Gasteiger charge is -2.33. The largest absolute Gasteiger partial charge is 0.375 e. The first kappa shape index (κ1) is 15.4. The first-order chi connectivity index (χ1) is 8.67. The van der Waals surface area contributed by atoms with E-state index in [1.807, 2.05) is 18.9 Å². The van der Waals surface area contributed by atoms with Crippen molar-refractivity contribution in [3.63, 3.8) is 0 Å². The Kier molecular flexibility index (Phi) is 7.28. The Balaban J connectivity index is 2.23. The number of rotatable bonds is 7. The van der Waals surface area contributed by atoms with Crippen LogP contribution in [0.3, 0.4) is 0 Å². The van der Waals surface area contributed by atoms with Crippen LogP contribution in [0.5, 0.6) is 0 Å². The van der Waals surface area contributed by atoms with E-state index in [0.717, 1.165) is 32.7 Å². The summed E-state index contributed by atoms with van der Waals surface area (Å²) < 4.78 is 5.77. The van der Waals surface area contributed by atoms with Crippen LogP contribution in [-0.2, 0) is 9.53 Å². The molecule has 0 saturated carbocycles. The summed E-state index contributed by atoms with van der Waals surface area (Å²) in [5.74, 6) is 0.216. The molecule has 0 N–H and O–H groups in total. The van der Waals surface area contributed by atoms with Gasteiger partial charge in [-0.15, -0.1) is 0 Å². The molecule has 0 aromatic rings. The molecular weight excluding hydrogens is 228 g/mol. The molecule has 0 aliphatic carbocycles. The number of ether oxygens (including phenoxy) is 1. The monoisotopic (exact) mass is 256 g/mol. The van der Waals surface area contributed by atoms with Gasteiger partial charge in [-0.2, -0.15) is 0 Å². The van der Waals surface area contributed by atoms with Gasteiger partial charge in [0.1, 0.15) is 0 Å². The molecule has 0 aromatic heterocycles. The first-order valence-electron chi connectivity index (χ1n) is 7.25. The zero-order valence-electron chi connectivity index (χ0n) is 12.2. The van der Waals surface area contributed by atoms with Crippen molar-refractivity contribution in [2.24, 2.45) is 0 Å². The lowest BCUT2D eigenvalue weighted by Crippen LogP contribution is -2.44. The Morgan fingerprint density at radius 2 is 2.22 bits per heavy atom. The third-order valence-electron chi connectivity index (χ3n) is 3.57. The SMILES string of the molecule is CCCCN1CCO[C@H](CCN(C)C(=O)CC)C1. The molecule has 0 bridgehead atoms. The minimum atomic E-state index is 0.216. The van der Waals surface area contributed by atoms with E-state index in [9.17, 15) is 4.79 Å². The van der Waals surface area contributed by atoms with E-state index in [1.54, 1.807) is 0 Å². The molecule has 1 rings (SSSR count). The molecule has 0 radical (unpaired) electrons. The van der Waals surface area contributed by atoms with Crippen LogP contribution < -0.4 is 0 Å². The second kappa shape index (κ2) is 8.48. The summed E-state index contributed by atoms with van der Waals surface area (Å²) in [6.07, 6.45) is 4.34. The summed E-state index contributed by atoms with van der Waals surface area (Å²) in [7, 11) is 1.88. The van der Waals surface area contributed by atoms with E-state index in [2.05, 4.69) is 11.8 Å². The Morgan fingerprint density at radius 1 is 1.44 bits per heavy atom. The fraction of sp³-hybridized carbons (Fsp3) is 0.929. The van der Waals surface area contributed by atoms with Gasteiger partial charge >= 0.3 is 0 Å². The van der Waals surface area contributed by atoms with Gasteiger partial charge in [-0.05, 0) is 19.4 Å². The lowest BCUT2D eigenvalue weighted by atomic mass is 10.2. The number of hydrogen-bond donors (Lipinski definition) is 0. The fourth-order valence-electron chi connectivity index (χ4n) is 2.27. The van der Waals surface area contributed by atoms with E-state index >= 15 is 0 Å². The summed E-state index contributed by atoms with van der Waals surface area (Å²) in [5.41, 5.74) is 0. The number of hydrogen-bond acceptors (Lipinski definition) is 3. The Morgan fingerprint density at radius 3 is 2.89 bits per heavy atom. The molecular formula is C14H28N2O2. The van der Waals surface area contributed by atoms with Crippen molar-refractivity contribution in [3.8, 4) is 0 Å². The number of carbonyl (C=O) groups is 1. The maximum atomic E-state index is 11.5. The highest BCUT2D eigenvalue weighted by Gasteiger charge is 2.20. The Bertz CT molecular complexity index is 246. The quantitative estimate of drug-likeness (QED) is 0.695. The highest BCUT2D eigenvalue weighted by molar-refractivity contribution is 5.75. The van der Waals surface area contributed by atoms with Crippen LogP contribution in [0.2, 0.25) is 0 Å². The maximum Gasteiger partial charge on any atom is 0.222 e. The van der Waals surface area contributed by atoms with E-state index in [1.165, 1.54) is 19.4 Å². The summed E-state index contributed by atoms with van der Waals surface area (Å²) in [6, 6.07) is 0. The third kappa shape index (κ3) is 5.36. The minimum absolute atomic E-state index is 0.216. The second-order valence-electron chi connectivity index (χ2n) is 5.10. The van der Waals surface area contributed by atoms with Gasteiger partial charge in [-0.25, -0.2) is 0 Å². The van der Waals surface area contributed by atoms with Gasteiger partial charge in [-0.1, -0.05) is 20.3 Å². The van der Waals surface area contributed by atoms with Crippen molar-refractivity contribution < 1.29 is 9.53 Å². The van der Waals surface area contributed by atoms with Gasteiger partial charge in [-0.3, -0.25) is 9.69 Å². The lowest BCUT2D eigenvalue weighted by molar-refractivity contribution is -0.130. The number of unbranched alkanes of at least 4 members (excludes halogenated alkanes) is 1. The Hall–Kier alpha value is -0.610. The fourth-order valence-corrected chi connectivity index (χ4v) is 2.27. The summed E-state index contributed by atoms with van der Waals surface area (Å²) in [4.78, 5) is 15.8. The predicted molar refractivity (Wildman–Crippen MR) is 73.6 cm³/mol. The molecule has 4 heteroatoms. The van der Waals surface area contributed by atoms with Crippen molar-refractivity contribution in [2.75, 3.05) is 39.8 Å². The van der Waals surface area contributed by atoms with Crippen LogP contribution in [0.25, 0.3) is 0 Å². The maximum absolute atomic E-state index is 11.5. The number of nitrogens with zero attached hydrogens (tertiary/aromatic N) is 2. The molecule has 1 saturated heterocycles. The van der Waals surface area contributed by atoms with Gasteiger partial charge < -0.3 is 9.64 Å². The second-order valence-corrected chi connectivity index (χ2v) is 5.10. The smallest absolute Gasteiger partial charge is 0.222 e. The molecule has 0 spiro atoms. The highest BCUT2D eigenvalue weighted by Crippen LogP contribution is 2.10. The molecule has 0 unspecified atom stereocenters. The first-order valence-corrected chi connectivity index (χ1v) is 7.25. The van der Waals surface area contributed by atoms with Crippen LogP contribution in [0.4, 0.5) is 0 Å². The molecule has 1 amide bonds. The van der Waals surface area contributed by atoms with Crippen molar-refractivity contribution in [1.29, 1.82) is 0 Å². The van der Waals surface area contributed by atoms with Crippen molar-refractivity contribution in [2.45, 2.75) is 45.6 Å². The summed E-state index contributed by atoms with van der Waals surface area (Å²) in [6.45, 7) is 9.03. The zero-order chi connectivity index (χ0) is 13.4. The molecule has 106 valence electrons. The van der Waals surface area contributed by atoms with Crippen LogP contribution >= 0.6 is 0 Å². The van der Waals surface area contributed by atoms with Crippen LogP contribution in [0.15, 0.2) is 0 Å². The van der Waals surface area contributed by atoms with Crippen molar-refractivity contribution in [1.82, 2.24) is 9.80 Å². The average molecular weight is 256 g/mol. The van der Waals surface area contributed by atoms with Gasteiger partial charge in [0.05, 0.1) is 12.7 Å². The summed E-state index contributed by atoms with van der Waals surface area (Å²) >= 11 is 0. The predicted octanol–water partition coefficient (Wildman–Crippen LogP) is 1.75. The van der Waals surface area contributed by atoms with Gasteiger partial charge in [0.25, 0.3) is 0 Å². The minimum Gasteiger partial charge on any atom is -0.375 e. The van der Waals surface area contributed by atoms with Gasteiger partial charge in [0, 0.05) is 33.1 Å². The average Bonchev–Trinajstić information content (AvgIpc) is 2.42. The van der Waals surface area contributed by atoms with E-state index in [0.29, 0.717) is 12.5 Å². The molecule has 4 nitrogen and oxygen atoms in total. The molecule has 1 aliphatic heterocycles. The molecule has 18 heavy (non-hydrogen) atoms. The zero-order valence-corrected chi connectivity index (χ0v) is 12.2. The van der Waals surface area contributed by atoms with Gasteiger partial charge in [0.2, 0.25) is 5.91 Å². The normalized spacial score (nSPS) is 20.9. The molecule has 0 aromatic carbocycles. The molecule has 1 heterocycles. The van der Waals surface area contributed by atoms with E-state index in [4.69, 9.17) is 4.74 Å². The highest BCUT2D eigenvalue weighted by atomic mass is 16.5. The van der Waals surface area contributed by atoms with E-state index in [-0.39, 0.29) is 5.91 Å².